The number of aromatic nitrogens is 4. The lowest BCUT2D eigenvalue weighted by molar-refractivity contribution is 0.102. The zero-order chi connectivity index (χ0) is 19.0. The summed E-state index contributed by atoms with van der Waals surface area (Å²) < 4.78 is 3.80. The molecule has 0 aliphatic rings. The second kappa shape index (κ2) is 7.09. The van der Waals surface area contributed by atoms with Crippen molar-refractivity contribution in [3.05, 3.63) is 71.4 Å². The number of imidazole rings is 2. The van der Waals surface area contributed by atoms with Crippen LogP contribution in [-0.2, 0) is 7.05 Å². The average molecular weight is 398 g/mol. The molecule has 4 rings (SSSR count). The maximum atomic E-state index is 12.8. The largest absolute Gasteiger partial charge is 0.329 e. The minimum atomic E-state index is -0.290. The molecule has 0 atom stereocenters. The summed E-state index contributed by atoms with van der Waals surface area (Å²) in [4.78, 5) is 22.3. The lowest BCUT2D eigenvalue weighted by atomic mass is 10.3. The molecule has 4 aromatic rings. The topological polar surface area (TPSA) is 64.2 Å². The average Bonchev–Trinajstić information content (AvgIpc) is 3.25. The Morgan fingerprint density at radius 1 is 1.26 bits per heavy atom. The highest BCUT2D eigenvalue weighted by molar-refractivity contribution is 7.99. The number of nitrogens with one attached hydrogen (secondary N) is 1. The Morgan fingerprint density at radius 3 is 2.85 bits per heavy atom. The summed E-state index contributed by atoms with van der Waals surface area (Å²) in [6.07, 6.45) is 5.33. The standard InChI is InChI=1S/C19H16ClN5OS/c1-12-4-3-5-17-22-15(11-25(12)17)18(26)23-14-10-13(20)6-7-16(14)27-19-21-8-9-24(19)2/h3-11H,1-2H3,(H,23,26). The third kappa shape index (κ3) is 3.56. The highest BCUT2D eigenvalue weighted by atomic mass is 35.5. The van der Waals surface area contributed by atoms with Gasteiger partial charge < -0.3 is 14.3 Å². The van der Waals surface area contributed by atoms with E-state index in [0.717, 1.165) is 21.4 Å². The van der Waals surface area contributed by atoms with Crippen LogP contribution in [0, 0.1) is 6.92 Å². The summed E-state index contributed by atoms with van der Waals surface area (Å²) in [5.74, 6) is -0.290. The Hall–Kier alpha value is -2.77. The van der Waals surface area contributed by atoms with Crippen molar-refractivity contribution in [1.82, 2.24) is 18.9 Å². The Morgan fingerprint density at radius 2 is 2.11 bits per heavy atom. The van der Waals surface area contributed by atoms with Gasteiger partial charge in [0.25, 0.3) is 5.91 Å². The minimum Gasteiger partial charge on any atom is -0.329 e. The predicted octanol–water partition coefficient (Wildman–Crippen LogP) is 4.43. The monoisotopic (exact) mass is 397 g/mol. The molecule has 27 heavy (non-hydrogen) atoms. The number of hydrogen-bond acceptors (Lipinski definition) is 4. The first kappa shape index (κ1) is 17.6. The molecule has 0 spiro atoms. The van der Waals surface area contributed by atoms with Crippen LogP contribution in [0.4, 0.5) is 5.69 Å². The second-order valence-electron chi connectivity index (χ2n) is 6.04. The SMILES string of the molecule is Cc1cccc2nc(C(=O)Nc3cc(Cl)ccc3Sc3nccn3C)cn12. The van der Waals surface area contributed by atoms with Crippen LogP contribution in [0.1, 0.15) is 16.2 Å². The van der Waals surface area contributed by atoms with Gasteiger partial charge in [0.05, 0.1) is 5.69 Å². The molecular weight excluding hydrogens is 382 g/mol. The molecule has 0 aliphatic carbocycles. The molecule has 0 radical (unpaired) electrons. The van der Waals surface area contributed by atoms with E-state index < -0.39 is 0 Å². The van der Waals surface area contributed by atoms with Gasteiger partial charge in [0, 0.05) is 41.3 Å². The molecule has 8 heteroatoms. The number of nitrogens with zero attached hydrogens (tertiary/aromatic N) is 4. The van der Waals surface area contributed by atoms with Crippen molar-refractivity contribution >= 4 is 40.6 Å². The first-order valence-electron chi connectivity index (χ1n) is 8.22. The maximum Gasteiger partial charge on any atom is 0.275 e. The van der Waals surface area contributed by atoms with E-state index in [1.807, 2.05) is 53.4 Å². The van der Waals surface area contributed by atoms with Crippen molar-refractivity contribution < 1.29 is 4.79 Å². The van der Waals surface area contributed by atoms with Crippen molar-refractivity contribution in [2.24, 2.45) is 7.05 Å². The second-order valence-corrected chi connectivity index (χ2v) is 7.48. The minimum absolute atomic E-state index is 0.290. The fraction of sp³-hybridized carbons (Fsp3) is 0.105. The molecule has 0 unspecified atom stereocenters. The fourth-order valence-electron chi connectivity index (χ4n) is 2.68. The summed E-state index contributed by atoms with van der Waals surface area (Å²) in [6.45, 7) is 1.97. The lowest BCUT2D eigenvalue weighted by Crippen LogP contribution is -2.13. The molecule has 3 heterocycles. The number of rotatable bonds is 4. The van der Waals surface area contributed by atoms with Crippen molar-refractivity contribution in [2.45, 2.75) is 17.0 Å². The van der Waals surface area contributed by atoms with Gasteiger partial charge in [0.1, 0.15) is 11.3 Å². The van der Waals surface area contributed by atoms with Gasteiger partial charge in [0.15, 0.2) is 5.16 Å². The van der Waals surface area contributed by atoms with Crippen LogP contribution in [-0.4, -0.2) is 24.8 Å². The van der Waals surface area contributed by atoms with Crippen LogP contribution in [0.25, 0.3) is 5.65 Å². The highest BCUT2D eigenvalue weighted by Crippen LogP contribution is 2.34. The van der Waals surface area contributed by atoms with E-state index in [1.54, 1.807) is 24.5 Å². The van der Waals surface area contributed by atoms with Gasteiger partial charge in [-0.1, -0.05) is 17.7 Å². The molecule has 0 aliphatic heterocycles. The molecule has 3 aromatic heterocycles. The zero-order valence-electron chi connectivity index (χ0n) is 14.7. The van der Waals surface area contributed by atoms with Gasteiger partial charge in [0.2, 0.25) is 0 Å². The Kier molecular flexibility index (Phi) is 4.63. The highest BCUT2D eigenvalue weighted by Gasteiger charge is 2.15. The summed E-state index contributed by atoms with van der Waals surface area (Å²) in [5, 5.41) is 4.28. The lowest BCUT2D eigenvalue weighted by Gasteiger charge is -2.10. The number of hydrogen-bond donors (Lipinski definition) is 1. The molecule has 0 bridgehead atoms. The molecule has 0 saturated carbocycles. The van der Waals surface area contributed by atoms with Crippen molar-refractivity contribution in [3.8, 4) is 0 Å². The van der Waals surface area contributed by atoms with Crippen molar-refractivity contribution in [3.63, 3.8) is 0 Å². The van der Waals surface area contributed by atoms with Crippen molar-refractivity contribution in [2.75, 3.05) is 5.32 Å². The van der Waals surface area contributed by atoms with Gasteiger partial charge in [-0.15, -0.1) is 0 Å². The van der Waals surface area contributed by atoms with Gasteiger partial charge in [-0.3, -0.25) is 4.79 Å². The first-order valence-corrected chi connectivity index (χ1v) is 9.41. The van der Waals surface area contributed by atoms with Crippen LogP contribution in [0.15, 0.2) is 65.0 Å². The number of halogens is 1. The maximum absolute atomic E-state index is 12.8. The zero-order valence-corrected chi connectivity index (χ0v) is 16.3. The normalized spacial score (nSPS) is 11.1. The molecule has 1 aromatic carbocycles. The number of benzene rings is 1. The van der Waals surface area contributed by atoms with Crippen LogP contribution < -0.4 is 5.32 Å². The summed E-state index contributed by atoms with van der Waals surface area (Å²) in [7, 11) is 1.92. The van der Waals surface area contributed by atoms with Gasteiger partial charge in [-0.05, 0) is 49.0 Å². The Bertz CT molecular complexity index is 1150. The number of anilines is 1. The molecule has 0 saturated heterocycles. The number of amides is 1. The number of pyridine rings is 1. The Labute approximate surface area is 165 Å². The third-order valence-corrected chi connectivity index (χ3v) is 5.48. The van der Waals surface area contributed by atoms with Gasteiger partial charge >= 0.3 is 0 Å². The number of fused-ring (bicyclic) bond motifs is 1. The van der Waals surface area contributed by atoms with Gasteiger partial charge in [-0.25, -0.2) is 9.97 Å². The summed E-state index contributed by atoms with van der Waals surface area (Å²) in [6, 6.07) is 11.1. The number of aryl methyl sites for hydroxylation is 2. The molecule has 1 amide bonds. The van der Waals surface area contributed by atoms with Crippen LogP contribution in [0.2, 0.25) is 5.02 Å². The Balaban J connectivity index is 1.64. The molecule has 1 N–H and O–H groups in total. The van der Waals surface area contributed by atoms with E-state index in [1.165, 1.54) is 11.8 Å². The van der Waals surface area contributed by atoms with E-state index in [4.69, 9.17) is 11.6 Å². The smallest absolute Gasteiger partial charge is 0.275 e. The van der Waals surface area contributed by atoms with Crippen molar-refractivity contribution in [1.29, 1.82) is 0 Å². The molecule has 136 valence electrons. The van der Waals surface area contributed by atoms with E-state index >= 15 is 0 Å². The van der Waals surface area contributed by atoms with Crippen LogP contribution in [0.3, 0.4) is 0 Å². The molecule has 6 nitrogen and oxygen atoms in total. The molecular formula is C19H16ClN5OS. The molecule has 0 fully saturated rings. The van der Waals surface area contributed by atoms with E-state index in [9.17, 15) is 4.79 Å². The van der Waals surface area contributed by atoms with Crippen LogP contribution >= 0.6 is 23.4 Å². The van der Waals surface area contributed by atoms with Gasteiger partial charge in [-0.2, -0.15) is 0 Å². The van der Waals surface area contributed by atoms with E-state index in [-0.39, 0.29) is 5.91 Å². The van der Waals surface area contributed by atoms with E-state index in [2.05, 4.69) is 15.3 Å². The fourth-order valence-corrected chi connectivity index (χ4v) is 3.72. The quantitative estimate of drug-likeness (QED) is 0.553. The first-order chi connectivity index (χ1) is 13.0. The van der Waals surface area contributed by atoms with E-state index in [0.29, 0.717) is 16.4 Å². The number of carbonyl (C=O) groups is 1. The predicted molar refractivity (Wildman–Crippen MR) is 107 cm³/mol. The summed E-state index contributed by atoms with van der Waals surface area (Å²) in [5.41, 5.74) is 2.70. The summed E-state index contributed by atoms with van der Waals surface area (Å²) >= 11 is 7.60. The third-order valence-electron chi connectivity index (χ3n) is 4.10. The van der Waals surface area contributed by atoms with Crippen LogP contribution in [0.5, 0.6) is 0 Å². The number of carbonyl (C=O) groups excluding carboxylic acids is 1.